The Morgan fingerprint density at radius 1 is 1.17 bits per heavy atom. The summed E-state index contributed by atoms with van der Waals surface area (Å²) in [4.78, 5) is 0. The second-order valence-corrected chi connectivity index (χ2v) is 5.79. The number of unbranched alkanes of at least 4 members (excludes halogenated alkanes) is 1. The SMILES string of the molecule is CNCCCCOc1ccc(-c2nn(C)c3ccccc23)c(F)c1. The molecular weight excluding hydrogens is 305 g/mol. The summed E-state index contributed by atoms with van der Waals surface area (Å²) in [6, 6.07) is 12.8. The molecular formula is C19H22FN3O. The highest BCUT2D eigenvalue weighted by atomic mass is 19.1. The topological polar surface area (TPSA) is 39.1 Å². The number of rotatable bonds is 7. The smallest absolute Gasteiger partial charge is 0.136 e. The molecule has 2 aromatic carbocycles. The van der Waals surface area contributed by atoms with Crippen molar-refractivity contribution in [3.8, 4) is 17.0 Å². The highest BCUT2D eigenvalue weighted by molar-refractivity contribution is 5.93. The van der Waals surface area contributed by atoms with Crippen molar-refractivity contribution >= 4 is 10.9 Å². The molecule has 5 heteroatoms. The molecule has 1 N–H and O–H groups in total. The van der Waals surface area contributed by atoms with Crippen LogP contribution in [0.4, 0.5) is 4.39 Å². The molecule has 0 saturated heterocycles. The fourth-order valence-electron chi connectivity index (χ4n) is 2.78. The third-order valence-electron chi connectivity index (χ3n) is 4.04. The fourth-order valence-corrected chi connectivity index (χ4v) is 2.78. The molecule has 0 fully saturated rings. The average molecular weight is 327 g/mol. The molecule has 0 unspecified atom stereocenters. The lowest BCUT2D eigenvalue weighted by molar-refractivity contribution is 0.305. The Morgan fingerprint density at radius 2 is 2.00 bits per heavy atom. The van der Waals surface area contributed by atoms with Crippen LogP contribution in [-0.2, 0) is 7.05 Å². The monoisotopic (exact) mass is 327 g/mol. The Hall–Kier alpha value is -2.40. The molecule has 3 aromatic rings. The number of para-hydroxylation sites is 1. The molecule has 0 spiro atoms. The minimum Gasteiger partial charge on any atom is -0.493 e. The van der Waals surface area contributed by atoms with Crippen molar-refractivity contribution in [2.75, 3.05) is 20.2 Å². The second-order valence-electron chi connectivity index (χ2n) is 5.79. The van der Waals surface area contributed by atoms with E-state index in [0.29, 0.717) is 23.6 Å². The standard InChI is InChI=1S/C19H22FN3O/c1-21-11-5-6-12-24-14-9-10-15(17(20)13-14)19-16-7-3-4-8-18(16)23(2)22-19/h3-4,7-10,13,21H,5-6,11-12H2,1-2H3. The molecule has 1 aromatic heterocycles. The van der Waals surface area contributed by atoms with E-state index in [1.165, 1.54) is 6.07 Å². The number of halogens is 1. The average Bonchev–Trinajstić information content (AvgIpc) is 2.92. The molecule has 126 valence electrons. The third-order valence-corrected chi connectivity index (χ3v) is 4.04. The molecule has 0 radical (unpaired) electrons. The molecule has 4 nitrogen and oxygen atoms in total. The number of hydrogen-bond acceptors (Lipinski definition) is 3. The van der Waals surface area contributed by atoms with E-state index in [9.17, 15) is 4.39 Å². The summed E-state index contributed by atoms with van der Waals surface area (Å²) < 4.78 is 22.0. The molecule has 0 amide bonds. The second kappa shape index (κ2) is 7.45. The number of fused-ring (bicyclic) bond motifs is 1. The Bertz CT molecular complexity index is 829. The first kappa shape index (κ1) is 16.5. The van der Waals surface area contributed by atoms with Crippen molar-refractivity contribution in [3.63, 3.8) is 0 Å². The van der Waals surface area contributed by atoms with E-state index in [0.717, 1.165) is 30.3 Å². The first-order chi connectivity index (χ1) is 11.7. The molecule has 3 rings (SSSR count). The van der Waals surface area contributed by atoms with Crippen molar-refractivity contribution in [1.82, 2.24) is 15.1 Å². The lowest BCUT2D eigenvalue weighted by Crippen LogP contribution is -2.09. The van der Waals surface area contributed by atoms with Gasteiger partial charge in [-0.1, -0.05) is 18.2 Å². The molecule has 0 aliphatic carbocycles. The first-order valence-corrected chi connectivity index (χ1v) is 8.20. The van der Waals surface area contributed by atoms with Gasteiger partial charge in [0.05, 0.1) is 12.1 Å². The number of ether oxygens (including phenoxy) is 1. The maximum atomic E-state index is 14.6. The van der Waals surface area contributed by atoms with Crippen LogP contribution in [0, 0.1) is 5.82 Å². The molecule has 24 heavy (non-hydrogen) atoms. The summed E-state index contributed by atoms with van der Waals surface area (Å²) in [6.07, 6.45) is 1.98. The Kier molecular flexibility index (Phi) is 5.11. The lowest BCUT2D eigenvalue weighted by Gasteiger charge is -2.08. The number of nitrogens with one attached hydrogen (secondary N) is 1. The minimum atomic E-state index is -0.313. The van der Waals surface area contributed by atoms with Gasteiger partial charge in [-0.05, 0) is 44.6 Å². The normalized spacial score (nSPS) is 11.1. The largest absolute Gasteiger partial charge is 0.493 e. The number of aryl methyl sites for hydroxylation is 1. The van der Waals surface area contributed by atoms with Crippen LogP contribution in [0.1, 0.15) is 12.8 Å². The molecule has 0 aliphatic rings. The zero-order valence-electron chi connectivity index (χ0n) is 14.1. The zero-order chi connectivity index (χ0) is 16.9. The van der Waals surface area contributed by atoms with Gasteiger partial charge in [0, 0.05) is 24.1 Å². The molecule has 0 atom stereocenters. The minimum absolute atomic E-state index is 0.313. The molecule has 0 saturated carbocycles. The number of benzene rings is 2. The summed E-state index contributed by atoms with van der Waals surface area (Å²) in [5.41, 5.74) is 2.14. The van der Waals surface area contributed by atoms with E-state index >= 15 is 0 Å². The van der Waals surface area contributed by atoms with Gasteiger partial charge in [0.2, 0.25) is 0 Å². The van der Waals surface area contributed by atoms with E-state index in [4.69, 9.17) is 4.74 Å². The highest BCUT2D eigenvalue weighted by Crippen LogP contribution is 2.31. The third kappa shape index (κ3) is 3.41. The highest BCUT2D eigenvalue weighted by Gasteiger charge is 2.14. The van der Waals surface area contributed by atoms with Gasteiger partial charge in [0.25, 0.3) is 0 Å². The molecule has 0 bridgehead atoms. The van der Waals surface area contributed by atoms with Gasteiger partial charge >= 0.3 is 0 Å². The summed E-state index contributed by atoms with van der Waals surface area (Å²) in [5.74, 6) is 0.243. The molecule has 1 heterocycles. The predicted octanol–water partition coefficient (Wildman–Crippen LogP) is 3.76. The van der Waals surface area contributed by atoms with Crippen molar-refractivity contribution < 1.29 is 9.13 Å². The summed E-state index contributed by atoms with van der Waals surface area (Å²) in [6.45, 7) is 1.55. The van der Waals surface area contributed by atoms with Crippen molar-refractivity contribution in [2.45, 2.75) is 12.8 Å². The number of nitrogens with zero attached hydrogens (tertiary/aromatic N) is 2. The van der Waals surface area contributed by atoms with Crippen molar-refractivity contribution in [2.24, 2.45) is 7.05 Å². The predicted molar refractivity (Wildman–Crippen MR) is 94.8 cm³/mol. The van der Waals surface area contributed by atoms with E-state index in [-0.39, 0.29) is 5.82 Å². The van der Waals surface area contributed by atoms with Crippen LogP contribution < -0.4 is 10.1 Å². The van der Waals surface area contributed by atoms with Crippen molar-refractivity contribution in [3.05, 3.63) is 48.3 Å². The zero-order valence-corrected chi connectivity index (χ0v) is 14.1. The maximum Gasteiger partial charge on any atom is 0.136 e. The van der Waals surface area contributed by atoms with Crippen LogP contribution in [0.2, 0.25) is 0 Å². The van der Waals surface area contributed by atoms with Crippen LogP contribution in [0.5, 0.6) is 5.75 Å². The quantitative estimate of drug-likeness (QED) is 0.672. The van der Waals surface area contributed by atoms with Gasteiger partial charge in [0.1, 0.15) is 17.3 Å². The van der Waals surface area contributed by atoms with Gasteiger partial charge in [-0.25, -0.2) is 4.39 Å². The van der Waals surface area contributed by atoms with Gasteiger partial charge in [-0.15, -0.1) is 0 Å². The van der Waals surface area contributed by atoms with Gasteiger partial charge in [0.15, 0.2) is 0 Å². The van der Waals surface area contributed by atoms with Crippen LogP contribution >= 0.6 is 0 Å². The van der Waals surface area contributed by atoms with Gasteiger partial charge in [-0.2, -0.15) is 5.10 Å². The number of aromatic nitrogens is 2. The van der Waals surface area contributed by atoms with E-state index < -0.39 is 0 Å². The lowest BCUT2D eigenvalue weighted by atomic mass is 10.1. The fraction of sp³-hybridized carbons (Fsp3) is 0.316. The van der Waals surface area contributed by atoms with Crippen molar-refractivity contribution in [1.29, 1.82) is 0 Å². The van der Waals surface area contributed by atoms with Gasteiger partial charge < -0.3 is 10.1 Å². The van der Waals surface area contributed by atoms with Gasteiger partial charge in [-0.3, -0.25) is 4.68 Å². The van der Waals surface area contributed by atoms with E-state index in [1.807, 2.05) is 38.4 Å². The van der Waals surface area contributed by atoms with Crippen LogP contribution in [0.3, 0.4) is 0 Å². The maximum absolute atomic E-state index is 14.6. The Morgan fingerprint density at radius 3 is 2.79 bits per heavy atom. The summed E-state index contributed by atoms with van der Waals surface area (Å²) in [5, 5.41) is 8.51. The Labute approximate surface area is 141 Å². The van der Waals surface area contributed by atoms with E-state index in [1.54, 1.807) is 16.8 Å². The Balaban J connectivity index is 1.79. The first-order valence-electron chi connectivity index (χ1n) is 8.20. The van der Waals surface area contributed by atoms with Crippen LogP contribution in [0.15, 0.2) is 42.5 Å². The van der Waals surface area contributed by atoms with E-state index in [2.05, 4.69) is 10.4 Å². The summed E-state index contributed by atoms with van der Waals surface area (Å²) in [7, 11) is 3.79. The van der Waals surface area contributed by atoms with Crippen LogP contribution in [0.25, 0.3) is 22.2 Å². The number of hydrogen-bond donors (Lipinski definition) is 1. The molecule has 0 aliphatic heterocycles. The summed E-state index contributed by atoms with van der Waals surface area (Å²) >= 11 is 0. The van der Waals surface area contributed by atoms with Crippen LogP contribution in [-0.4, -0.2) is 30.0 Å².